The molecule has 0 aromatic heterocycles. The van der Waals surface area contributed by atoms with Gasteiger partial charge in [-0.05, 0) is 44.4 Å². The van der Waals surface area contributed by atoms with Crippen LogP contribution < -0.4 is 0 Å². The standard InChI is InChI=1S/C19H31NO2/c21-18-19(14-7-4-8-15-19)22-17(20-18)13-9-12-16-10-5-2-1-3-6-11-16/h16H,1-15H2. The molecule has 1 amide bonds. The summed E-state index contributed by atoms with van der Waals surface area (Å²) in [6.07, 6.45) is 18.4. The van der Waals surface area contributed by atoms with Crippen LogP contribution in [0.5, 0.6) is 0 Å². The highest BCUT2D eigenvalue weighted by atomic mass is 16.5. The number of ether oxygens (including phenoxy) is 1. The molecule has 0 bridgehead atoms. The van der Waals surface area contributed by atoms with Crippen LogP contribution in [0.1, 0.15) is 96.3 Å². The molecule has 2 fully saturated rings. The minimum atomic E-state index is -0.548. The largest absolute Gasteiger partial charge is 0.464 e. The first-order valence-electron chi connectivity index (χ1n) is 9.59. The minimum Gasteiger partial charge on any atom is -0.464 e. The summed E-state index contributed by atoms with van der Waals surface area (Å²) in [4.78, 5) is 16.4. The van der Waals surface area contributed by atoms with E-state index < -0.39 is 5.60 Å². The maximum atomic E-state index is 12.2. The van der Waals surface area contributed by atoms with Crippen molar-refractivity contribution in [1.82, 2.24) is 0 Å². The fourth-order valence-corrected chi connectivity index (χ4v) is 4.42. The molecular formula is C19H31NO2. The van der Waals surface area contributed by atoms with Gasteiger partial charge in [0.05, 0.1) is 0 Å². The second kappa shape index (κ2) is 7.61. The van der Waals surface area contributed by atoms with E-state index in [-0.39, 0.29) is 5.91 Å². The van der Waals surface area contributed by atoms with Gasteiger partial charge in [0.25, 0.3) is 5.91 Å². The Morgan fingerprint density at radius 1 is 0.955 bits per heavy atom. The maximum absolute atomic E-state index is 12.2. The Morgan fingerprint density at radius 2 is 1.59 bits per heavy atom. The Kier molecular flexibility index (Phi) is 5.54. The fraction of sp³-hybridized carbons (Fsp3) is 0.895. The van der Waals surface area contributed by atoms with Crippen molar-refractivity contribution in [2.45, 2.75) is 102 Å². The van der Waals surface area contributed by atoms with E-state index in [9.17, 15) is 4.79 Å². The predicted octanol–water partition coefficient (Wildman–Crippen LogP) is 5.18. The van der Waals surface area contributed by atoms with Crippen LogP contribution in [0.15, 0.2) is 4.99 Å². The lowest BCUT2D eigenvalue weighted by Gasteiger charge is -2.30. The Bertz CT molecular complexity index is 402. The summed E-state index contributed by atoms with van der Waals surface area (Å²) in [5, 5.41) is 0. The van der Waals surface area contributed by atoms with E-state index in [0.717, 1.165) is 50.3 Å². The molecule has 0 aromatic rings. The fourth-order valence-electron chi connectivity index (χ4n) is 4.42. The molecule has 2 saturated carbocycles. The van der Waals surface area contributed by atoms with E-state index in [1.807, 2.05) is 0 Å². The molecule has 3 rings (SSSR count). The number of nitrogens with zero attached hydrogens (tertiary/aromatic N) is 1. The molecule has 3 aliphatic rings. The van der Waals surface area contributed by atoms with Crippen molar-refractivity contribution < 1.29 is 9.53 Å². The summed E-state index contributed by atoms with van der Waals surface area (Å²) < 4.78 is 6.04. The van der Waals surface area contributed by atoms with Crippen molar-refractivity contribution in [1.29, 1.82) is 0 Å². The highest BCUT2D eigenvalue weighted by Gasteiger charge is 2.46. The van der Waals surface area contributed by atoms with Crippen molar-refractivity contribution in [2.75, 3.05) is 0 Å². The molecule has 22 heavy (non-hydrogen) atoms. The Balaban J connectivity index is 1.42. The minimum absolute atomic E-state index is 0.00755. The van der Waals surface area contributed by atoms with E-state index in [1.165, 1.54) is 57.8 Å². The second-order valence-electron chi connectivity index (χ2n) is 7.57. The number of carbonyl (C=O) groups is 1. The summed E-state index contributed by atoms with van der Waals surface area (Å²) in [7, 11) is 0. The second-order valence-corrected chi connectivity index (χ2v) is 7.57. The van der Waals surface area contributed by atoms with Crippen molar-refractivity contribution >= 4 is 11.8 Å². The van der Waals surface area contributed by atoms with Gasteiger partial charge in [0.2, 0.25) is 0 Å². The number of hydrogen-bond donors (Lipinski definition) is 0. The normalized spacial score (nSPS) is 26.4. The SMILES string of the molecule is O=C1N=C(CCCC2CCCCCCC2)OC12CCCCC2. The Labute approximate surface area is 134 Å². The number of rotatable bonds is 4. The summed E-state index contributed by atoms with van der Waals surface area (Å²) >= 11 is 0. The number of carbonyl (C=O) groups excluding carboxylic acids is 1. The summed E-state index contributed by atoms with van der Waals surface area (Å²) in [6.45, 7) is 0. The van der Waals surface area contributed by atoms with Gasteiger partial charge in [-0.25, -0.2) is 0 Å². The monoisotopic (exact) mass is 305 g/mol. The van der Waals surface area contributed by atoms with E-state index in [2.05, 4.69) is 4.99 Å². The van der Waals surface area contributed by atoms with E-state index in [1.54, 1.807) is 0 Å². The lowest BCUT2D eigenvalue weighted by molar-refractivity contribution is -0.133. The summed E-state index contributed by atoms with van der Waals surface area (Å²) in [5.74, 6) is 1.63. The first-order chi connectivity index (χ1) is 10.8. The molecule has 3 heteroatoms. The molecule has 0 unspecified atom stereocenters. The molecule has 2 aliphatic carbocycles. The number of aliphatic imine (C=N–C) groups is 1. The molecule has 3 nitrogen and oxygen atoms in total. The van der Waals surface area contributed by atoms with Crippen LogP contribution in [0.4, 0.5) is 0 Å². The molecule has 0 saturated heterocycles. The van der Waals surface area contributed by atoms with Gasteiger partial charge in [-0.15, -0.1) is 0 Å². The molecule has 1 spiro atoms. The Morgan fingerprint density at radius 3 is 2.32 bits per heavy atom. The molecule has 0 aromatic carbocycles. The van der Waals surface area contributed by atoms with E-state index >= 15 is 0 Å². The highest BCUT2D eigenvalue weighted by molar-refractivity contribution is 6.02. The molecule has 0 atom stereocenters. The van der Waals surface area contributed by atoms with E-state index in [0.29, 0.717) is 0 Å². The Hall–Kier alpha value is -0.860. The lowest BCUT2D eigenvalue weighted by atomic mass is 9.84. The molecule has 0 N–H and O–H groups in total. The van der Waals surface area contributed by atoms with Crippen LogP contribution in [0.25, 0.3) is 0 Å². The third-order valence-electron chi connectivity index (χ3n) is 5.82. The zero-order chi connectivity index (χ0) is 15.3. The topological polar surface area (TPSA) is 38.7 Å². The number of amides is 1. The first kappa shape index (κ1) is 16.0. The van der Waals surface area contributed by atoms with Gasteiger partial charge in [0.15, 0.2) is 11.5 Å². The van der Waals surface area contributed by atoms with Crippen LogP contribution in [-0.4, -0.2) is 17.4 Å². The van der Waals surface area contributed by atoms with Gasteiger partial charge in [-0.1, -0.05) is 51.4 Å². The van der Waals surface area contributed by atoms with Gasteiger partial charge in [-0.3, -0.25) is 4.79 Å². The van der Waals surface area contributed by atoms with Crippen LogP contribution >= 0.6 is 0 Å². The van der Waals surface area contributed by atoms with Crippen molar-refractivity contribution in [3.05, 3.63) is 0 Å². The van der Waals surface area contributed by atoms with Crippen molar-refractivity contribution in [3.8, 4) is 0 Å². The quantitative estimate of drug-likeness (QED) is 0.718. The molecule has 1 heterocycles. The zero-order valence-electron chi connectivity index (χ0n) is 13.9. The average molecular weight is 305 g/mol. The number of hydrogen-bond acceptors (Lipinski definition) is 2. The first-order valence-corrected chi connectivity index (χ1v) is 9.59. The smallest absolute Gasteiger partial charge is 0.292 e. The van der Waals surface area contributed by atoms with Crippen LogP contribution in [0, 0.1) is 5.92 Å². The zero-order valence-corrected chi connectivity index (χ0v) is 13.9. The van der Waals surface area contributed by atoms with Gasteiger partial charge in [-0.2, -0.15) is 4.99 Å². The predicted molar refractivity (Wildman–Crippen MR) is 89.0 cm³/mol. The summed E-state index contributed by atoms with van der Waals surface area (Å²) in [5.41, 5.74) is -0.548. The summed E-state index contributed by atoms with van der Waals surface area (Å²) in [6, 6.07) is 0. The molecule has 1 aliphatic heterocycles. The van der Waals surface area contributed by atoms with Crippen molar-refractivity contribution in [3.63, 3.8) is 0 Å². The van der Waals surface area contributed by atoms with Crippen molar-refractivity contribution in [2.24, 2.45) is 10.9 Å². The van der Waals surface area contributed by atoms with Gasteiger partial charge in [0.1, 0.15) is 0 Å². The third-order valence-corrected chi connectivity index (χ3v) is 5.82. The van der Waals surface area contributed by atoms with Gasteiger partial charge >= 0.3 is 0 Å². The molecule has 0 radical (unpaired) electrons. The average Bonchev–Trinajstić information content (AvgIpc) is 2.78. The van der Waals surface area contributed by atoms with Gasteiger partial charge in [0, 0.05) is 6.42 Å². The van der Waals surface area contributed by atoms with E-state index in [4.69, 9.17) is 4.74 Å². The third kappa shape index (κ3) is 3.91. The van der Waals surface area contributed by atoms with Gasteiger partial charge < -0.3 is 4.74 Å². The van der Waals surface area contributed by atoms with Crippen LogP contribution in [-0.2, 0) is 9.53 Å². The lowest BCUT2D eigenvalue weighted by Crippen LogP contribution is -2.39. The molecule has 124 valence electrons. The van der Waals surface area contributed by atoms with Crippen LogP contribution in [0.2, 0.25) is 0 Å². The highest BCUT2D eigenvalue weighted by Crippen LogP contribution is 2.37. The van der Waals surface area contributed by atoms with Crippen LogP contribution in [0.3, 0.4) is 0 Å². The maximum Gasteiger partial charge on any atom is 0.292 e. The molecular weight excluding hydrogens is 274 g/mol.